The molecule has 124 valence electrons. The fourth-order valence-corrected chi connectivity index (χ4v) is 2.53. The third kappa shape index (κ3) is 3.97. The van der Waals surface area contributed by atoms with Crippen molar-refractivity contribution in [3.05, 3.63) is 40.4 Å². The quantitative estimate of drug-likeness (QED) is 0.474. The van der Waals surface area contributed by atoms with Gasteiger partial charge in [0.1, 0.15) is 0 Å². The molecule has 23 heavy (non-hydrogen) atoms. The largest absolute Gasteiger partial charge is 0.466 e. The highest BCUT2D eigenvalue weighted by molar-refractivity contribution is 6.47. The predicted molar refractivity (Wildman–Crippen MR) is 92.3 cm³/mol. The number of carbonyl (C=O) groups is 1. The van der Waals surface area contributed by atoms with Gasteiger partial charge in [-0.3, -0.25) is 0 Å². The van der Waals surface area contributed by atoms with Crippen LogP contribution in [0, 0.1) is 0 Å². The number of rotatable bonds is 4. The zero-order valence-electron chi connectivity index (χ0n) is 14.2. The average molecular weight is 337 g/mol. The van der Waals surface area contributed by atoms with Gasteiger partial charge < -0.3 is 14.0 Å². The number of ether oxygens (including phenoxy) is 1. The highest BCUT2D eigenvalue weighted by atomic mass is 35.5. The van der Waals surface area contributed by atoms with Crippen LogP contribution in [0.1, 0.15) is 33.3 Å². The highest BCUT2D eigenvalue weighted by Gasteiger charge is 2.51. The number of benzene rings is 1. The maximum Gasteiger partial charge on any atom is 0.462 e. The van der Waals surface area contributed by atoms with Crippen molar-refractivity contribution in [1.82, 2.24) is 0 Å². The number of esters is 1. The van der Waals surface area contributed by atoms with Crippen molar-refractivity contribution >= 4 is 30.8 Å². The molecule has 1 saturated heterocycles. The van der Waals surface area contributed by atoms with E-state index in [1.807, 2.05) is 45.9 Å². The van der Waals surface area contributed by atoms with E-state index in [-0.39, 0.29) is 0 Å². The van der Waals surface area contributed by atoms with Crippen LogP contribution in [0.4, 0.5) is 0 Å². The third-order valence-corrected chi connectivity index (χ3v) is 4.72. The Morgan fingerprint density at radius 1 is 1.22 bits per heavy atom. The van der Waals surface area contributed by atoms with Gasteiger partial charge in [-0.1, -0.05) is 29.8 Å². The van der Waals surface area contributed by atoms with Crippen LogP contribution in [-0.2, 0) is 18.8 Å². The predicted octanol–water partition coefficient (Wildman–Crippen LogP) is 3.99. The Balaban J connectivity index is 2.25. The van der Waals surface area contributed by atoms with E-state index in [1.54, 1.807) is 12.1 Å². The molecule has 1 aromatic carbocycles. The second-order valence-corrected chi connectivity index (χ2v) is 6.98. The first-order valence-corrected chi connectivity index (χ1v) is 7.93. The van der Waals surface area contributed by atoms with Crippen molar-refractivity contribution in [3.63, 3.8) is 0 Å². The standard InChI is InChI=1S/C17H22BClO4/c1-16(2)17(3,4)23-18(22-16)11-13(15(20)21-5)10-12-8-6-7-9-14(12)19/h6-10H,11H2,1-5H3/b13-10+. The molecule has 0 bridgehead atoms. The lowest BCUT2D eigenvalue weighted by Gasteiger charge is -2.32. The zero-order valence-corrected chi connectivity index (χ0v) is 14.9. The van der Waals surface area contributed by atoms with Crippen LogP contribution in [0.25, 0.3) is 6.08 Å². The van der Waals surface area contributed by atoms with Crippen LogP contribution in [0.2, 0.25) is 11.3 Å². The molecule has 2 rings (SSSR count). The monoisotopic (exact) mass is 336 g/mol. The molecule has 0 saturated carbocycles. The van der Waals surface area contributed by atoms with Gasteiger partial charge in [-0.05, 0) is 45.4 Å². The molecule has 0 spiro atoms. The van der Waals surface area contributed by atoms with E-state index < -0.39 is 24.3 Å². The van der Waals surface area contributed by atoms with Crippen molar-refractivity contribution in [3.8, 4) is 0 Å². The summed E-state index contributed by atoms with van der Waals surface area (Å²) < 4.78 is 16.8. The molecule has 0 aliphatic carbocycles. The smallest absolute Gasteiger partial charge is 0.462 e. The second kappa shape index (κ2) is 6.67. The summed E-state index contributed by atoms with van der Waals surface area (Å²) in [4.78, 5) is 12.1. The van der Waals surface area contributed by atoms with E-state index in [9.17, 15) is 4.79 Å². The third-order valence-electron chi connectivity index (χ3n) is 4.37. The van der Waals surface area contributed by atoms with Gasteiger partial charge >= 0.3 is 13.1 Å². The second-order valence-electron chi connectivity index (χ2n) is 6.57. The highest BCUT2D eigenvalue weighted by Crippen LogP contribution is 2.38. The number of methoxy groups -OCH3 is 1. The normalized spacial score (nSPS) is 19.7. The molecule has 4 nitrogen and oxygen atoms in total. The molecule has 1 aliphatic rings. The summed E-state index contributed by atoms with van der Waals surface area (Å²) in [5, 5.41) is 0.572. The van der Waals surface area contributed by atoms with Gasteiger partial charge in [-0.25, -0.2) is 4.79 Å². The Morgan fingerprint density at radius 2 is 1.78 bits per heavy atom. The molecule has 1 aromatic rings. The molecule has 0 amide bonds. The van der Waals surface area contributed by atoms with E-state index >= 15 is 0 Å². The summed E-state index contributed by atoms with van der Waals surface area (Å²) in [6.45, 7) is 7.90. The van der Waals surface area contributed by atoms with Gasteiger partial charge in [0.05, 0.1) is 18.3 Å². The first kappa shape index (κ1) is 18.0. The Morgan fingerprint density at radius 3 is 2.30 bits per heavy atom. The summed E-state index contributed by atoms with van der Waals surface area (Å²) >= 11 is 6.16. The van der Waals surface area contributed by atoms with Gasteiger partial charge in [0.25, 0.3) is 0 Å². The lowest BCUT2D eigenvalue weighted by atomic mass is 9.80. The van der Waals surface area contributed by atoms with E-state index in [4.69, 9.17) is 25.6 Å². The zero-order chi connectivity index (χ0) is 17.3. The molecule has 0 N–H and O–H groups in total. The molecule has 0 unspecified atom stereocenters. The molecule has 0 radical (unpaired) electrons. The van der Waals surface area contributed by atoms with Crippen molar-refractivity contribution < 1.29 is 18.8 Å². The molecular formula is C17H22BClO4. The van der Waals surface area contributed by atoms with Crippen LogP contribution < -0.4 is 0 Å². The number of carbonyl (C=O) groups excluding carboxylic acids is 1. The van der Waals surface area contributed by atoms with E-state index in [2.05, 4.69) is 0 Å². The Bertz CT molecular complexity index is 609. The number of hydrogen-bond donors (Lipinski definition) is 0. The van der Waals surface area contributed by atoms with Gasteiger partial charge in [0.2, 0.25) is 0 Å². The summed E-state index contributed by atoms with van der Waals surface area (Å²) in [6.07, 6.45) is 2.02. The first-order valence-electron chi connectivity index (χ1n) is 7.55. The Hall–Kier alpha value is -1.30. The Labute approximate surface area is 142 Å². The summed E-state index contributed by atoms with van der Waals surface area (Å²) in [5.74, 6) is -0.417. The van der Waals surface area contributed by atoms with Gasteiger partial charge in [-0.2, -0.15) is 0 Å². The fraction of sp³-hybridized carbons (Fsp3) is 0.471. The van der Waals surface area contributed by atoms with Gasteiger partial charge in [0, 0.05) is 16.9 Å². The molecule has 1 fully saturated rings. The maximum atomic E-state index is 12.1. The maximum absolute atomic E-state index is 12.1. The molecule has 0 aromatic heterocycles. The number of halogens is 1. The van der Waals surface area contributed by atoms with E-state index in [1.165, 1.54) is 7.11 Å². The molecule has 0 atom stereocenters. The van der Waals surface area contributed by atoms with Crippen molar-refractivity contribution in [2.24, 2.45) is 0 Å². The van der Waals surface area contributed by atoms with Crippen molar-refractivity contribution in [2.45, 2.75) is 45.2 Å². The minimum Gasteiger partial charge on any atom is -0.466 e. The van der Waals surface area contributed by atoms with Gasteiger partial charge in [0.15, 0.2) is 0 Å². The summed E-state index contributed by atoms with van der Waals surface area (Å²) in [5.41, 5.74) is 0.331. The van der Waals surface area contributed by atoms with Crippen LogP contribution in [-0.4, -0.2) is 31.4 Å². The Kier molecular flexibility index (Phi) is 5.24. The summed E-state index contributed by atoms with van der Waals surface area (Å²) in [7, 11) is 0.848. The van der Waals surface area contributed by atoms with E-state index in [0.29, 0.717) is 16.9 Å². The minimum absolute atomic E-state index is 0.296. The topological polar surface area (TPSA) is 44.8 Å². The molecule has 6 heteroatoms. The van der Waals surface area contributed by atoms with Gasteiger partial charge in [-0.15, -0.1) is 0 Å². The van der Waals surface area contributed by atoms with Crippen LogP contribution >= 0.6 is 11.6 Å². The lowest BCUT2D eigenvalue weighted by molar-refractivity contribution is -0.135. The molecule has 1 heterocycles. The minimum atomic E-state index is -0.507. The lowest BCUT2D eigenvalue weighted by Crippen LogP contribution is -2.41. The SMILES string of the molecule is COC(=O)/C(=C/c1ccccc1Cl)CB1OC(C)(C)C(C)(C)O1. The fourth-order valence-electron chi connectivity index (χ4n) is 2.34. The molecule has 1 aliphatic heterocycles. The average Bonchev–Trinajstić information content (AvgIpc) is 2.67. The van der Waals surface area contributed by atoms with Crippen molar-refractivity contribution in [2.75, 3.05) is 7.11 Å². The van der Waals surface area contributed by atoms with Crippen LogP contribution in [0.3, 0.4) is 0 Å². The molecular weight excluding hydrogens is 314 g/mol. The van der Waals surface area contributed by atoms with Crippen molar-refractivity contribution in [1.29, 1.82) is 0 Å². The van der Waals surface area contributed by atoms with Crippen LogP contribution in [0.5, 0.6) is 0 Å². The summed E-state index contributed by atoms with van der Waals surface area (Å²) in [6, 6.07) is 7.32. The number of hydrogen-bond acceptors (Lipinski definition) is 4. The first-order chi connectivity index (χ1) is 10.7. The van der Waals surface area contributed by atoms with E-state index in [0.717, 1.165) is 5.56 Å². The van der Waals surface area contributed by atoms with Crippen LogP contribution in [0.15, 0.2) is 29.8 Å².